The Bertz CT molecular complexity index is 520. The number of nitrogens with one attached hydrogen (secondary N) is 1. The molecule has 0 aliphatic rings. The Kier molecular flexibility index (Phi) is 2.26. The molecule has 0 fully saturated rings. The van der Waals surface area contributed by atoms with Crippen LogP contribution < -0.4 is 4.90 Å². The van der Waals surface area contributed by atoms with Crippen molar-refractivity contribution in [2.24, 2.45) is 0 Å². The van der Waals surface area contributed by atoms with Crippen molar-refractivity contribution >= 4 is 17.0 Å². The van der Waals surface area contributed by atoms with Gasteiger partial charge in [-0.05, 0) is 12.1 Å². The van der Waals surface area contributed by atoms with Gasteiger partial charge >= 0.3 is 0 Å². The van der Waals surface area contributed by atoms with E-state index < -0.39 is 0 Å². The Morgan fingerprint density at radius 1 is 1.40 bits per heavy atom. The third-order valence-electron chi connectivity index (χ3n) is 2.08. The molecule has 0 saturated heterocycles. The number of hydrogen-bond donors (Lipinski definition) is 1. The Labute approximate surface area is 87.4 Å². The number of hydrogen-bond acceptors (Lipinski definition) is 4. The molecule has 15 heavy (non-hydrogen) atoms. The van der Waals surface area contributed by atoms with Crippen LogP contribution in [0.5, 0.6) is 0 Å². The van der Waals surface area contributed by atoms with Gasteiger partial charge in [-0.15, -0.1) is 0 Å². The lowest BCUT2D eigenvalue weighted by molar-refractivity contribution is 1.06. The van der Waals surface area contributed by atoms with Crippen LogP contribution in [0.15, 0.2) is 12.1 Å². The molecule has 2 heterocycles. The van der Waals surface area contributed by atoms with E-state index in [1.54, 1.807) is 0 Å². The average Bonchev–Trinajstić information content (AvgIpc) is 2.59. The lowest BCUT2D eigenvalue weighted by Gasteiger charge is -2.09. The molecule has 1 N–H and O–H groups in total. The number of imidazole rings is 1. The quantitative estimate of drug-likeness (QED) is 0.789. The summed E-state index contributed by atoms with van der Waals surface area (Å²) in [6.07, 6.45) is 0.285. The van der Waals surface area contributed by atoms with E-state index >= 15 is 0 Å². The highest BCUT2D eigenvalue weighted by Gasteiger charge is 2.05. The average molecular weight is 201 g/mol. The summed E-state index contributed by atoms with van der Waals surface area (Å²) in [6, 6.07) is 5.89. The minimum Gasteiger partial charge on any atom is -0.363 e. The van der Waals surface area contributed by atoms with Gasteiger partial charge in [0.15, 0.2) is 5.65 Å². The van der Waals surface area contributed by atoms with Gasteiger partial charge in [0.2, 0.25) is 0 Å². The second kappa shape index (κ2) is 3.58. The molecule has 0 amide bonds. The number of nitrogens with zero attached hydrogens (tertiary/aromatic N) is 4. The van der Waals surface area contributed by atoms with E-state index in [4.69, 9.17) is 5.26 Å². The van der Waals surface area contributed by atoms with Gasteiger partial charge < -0.3 is 9.88 Å². The van der Waals surface area contributed by atoms with Crippen molar-refractivity contribution in [2.45, 2.75) is 6.42 Å². The van der Waals surface area contributed by atoms with E-state index in [1.165, 1.54) is 0 Å². The number of fused-ring (bicyclic) bond motifs is 1. The molecular weight excluding hydrogens is 190 g/mol. The van der Waals surface area contributed by atoms with Crippen molar-refractivity contribution in [3.8, 4) is 6.07 Å². The Hall–Kier alpha value is -2.09. The fraction of sp³-hybridized carbons (Fsp3) is 0.300. The predicted octanol–water partition coefficient (Wildman–Crippen LogP) is 1.09. The molecule has 5 nitrogen and oxygen atoms in total. The Morgan fingerprint density at radius 2 is 2.20 bits per heavy atom. The lowest BCUT2D eigenvalue weighted by Crippen LogP contribution is -2.10. The smallest absolute Gasteiger partial charge is 0.179 e. The van der Waals surface area contributed by atoms with E-state index in [0.29, 0.717) is 11.5 Å². The number of aromatic nitrogens is 3. The molecule has 2 aromatic rings. The minimum absolute atomic E-state index is 0.285. The minimum atomic E-state index is 0.285. The van der Waals surface area contributed by atoms with Gasteiger partial charge in [-0.1, -0.05) is 0 Å². The summed E-state index contributed by atoms with van der Waals surface area (Å²) in [6.45, 7) is 0. The largest absolute Gasteiger partial charge is 0.363 e. The molecular formula is C10H11N5. The molecule has 0 radical (unpaired) electrons. The monoisotopic (exact) mass is 201 g/mol. The predicted molar refractivity (Wildman–Crippen MR) is 57.5 cm³/mol. The number of H-pyrrole nitrogens is 1. The van der Waals surface area contributed by atoms with Gasteiger partial charge in [-0.25, -0.2) is 9.97 Å². The molecule has 0 aliphatic carbocycles. The van der Waals surface area contributed by atoms with Crippen LogP contribution in [-0.4, -0.2) is 29.0 Å². The number of nitriles is 1. The maximum Gasteiger partial charge on any atom is 0.179 e. The fourth-order valence-electron chi connectivity index (χ4n) is 1.34. The van der Waals surface area contributed by atoms with Crippen LogP contribution in [-0.2, 0) is 6.42 Å². The summed E-state index contributed by atoms with van der Waals surface area (Å²) >= 11 is 0. The highest BCUT2D eigenvalue weighted by molar-refractivity contribution is 5.73. The summed E-state index contributed by atoms with van der Waals surface area (Å²) < 4.78 is 0. The summed E-state index contributed by atoms with van der Waals surface area (Å²) in [5.74, 6) is 1.52. The standard InChI is InChI=1S/C10H11N5/c1-15(2)9-4-3-7-10(14-9)13-8(12-7)5-6-11/h3-4H,5H2,1-2H3,(H,12,13,14). The number of pyridine rings is 1. The first-order chi connectivity index (χ1) is 7.20. The Morgan fingerprint density at radius 3 is 2.87 bits per heavy atom. The second-order valence-corrected chi connectivity index (χ2v) is 3.45. The van der Waals surface area contributed by atoms with Crippen molar-refractivity contribution in [1.29, 1.82) is 5.26 Å². The van der Waals surface area contributed by atoms with E-state index in [-0.39, 0.29) is 6.42 Å². The molecule has 0 aliphatic heterocycles. The highest BCUT2D eigenvalue weighted by Crippen LogP contribution is 2.14. The van der Waals surface area contributed by atoms with Crippen LogP contribution in [0.1, 0.15) is 5.82 Å². The first-order valence-corrected chi connectivity index (χ1v) is 4.60. The molecule has 0 aromatic carbocycles. The molecule has 0 bridgehead atoms. The van der Waals surface area contributed by atoms with Gasteiger partial charge in [0, 0.05) is 14.1 Å². The molecule has 2 rings (SSSR count). The lowest BCUT2D eigenvalue weighted by atomic mass is 10.4. The first kappa shape index (κ1) is 9.46. The SMILES string of the molecule is CN(C)c1ccc2[nH]c(CC#N)nc2n1. The van der Waals surface area contributed by atoms with Crippen LogP contribution in [0, 0.1) is 11.3 Å². The summed E-state index contributed by atoms with van der Waals surface area (Å²) in [4.78, 5) is 13.5. The summed E-state index contributed by atoms with van der Waals surface area (Å²) in [5, 5.41) is 8.55. The summed E-state index contributed by atoms with van der Waals surface area (Å²) in [5.41, 5.74) is 1.53. The van der Waals surface area contributed by atoms with Gasteiger partial charge in [0.1, 0.15) is 11.6 Å². The van der Waals surface area contributed by atoms with Crippen molar-refractivity contribution in [3.63, 3.8) is 0 Å². The number of rotatable bonds is 2. The zero-order valence-corrected chi connectivity index (χ0v) is 8.65. The molecule has 0 atom stereocenters. The third kappa shape index (κ3) is 1.74. The molecule has 2 aromatic heterocycles. The second-order valence-electron chi connectivity index (χ2n) is 3.45. The summed E-state index contributed by atoms with van der Waals surface area (Å²) in [7, 11) is 3.86. The van der Waals surface area contributed by atoms with Gasteiger partial charge in [0.25, 0.3) is 0 Å². The van der Waals surface area contributed by atoms with Crippen LogP contribution >= 0.6 is 0 Å². The van der Waals surface area contributed by atoms with Crippen molar-refractivity contribution < 1.29 is 0 Å². The van der Waals surface area contributed by atoms with Gasteiger partial charge in [-0.3, -0.25) is 0 Å². The maximum absolute atomic E-state index is 8.55. The Balaban J connectivity index is 2.48. The van der Waals surface area contributed by atoms with Crippen molar-refractivity contribution in [2.75, 3.05) is 19.0 Å². The molecule has 76 valence electrons. The fourth-order valence-corrected chi connectivity index (χ4v) is 1.34. The molecule has 0 saturated carbocycles. The van der Waals surface area contributed by atoms with Crippen LogP contribution in [0.3, 0.4) is 0 Å². The van der Waals surface area contributed by atoms with Gasteiger partial charge in [0.05, 0.1) is 18.0 Å². The van der Waals surface area contributed by atoms with E-state index in [9.17, 15) is 0 Å². The molecule has 5 heteroatoms. The highest BCUT2D eigenvalue weighted by atomic mass is 15.1. The topological polar surface area (TPSA) is 68.6 Å². The van der Waals surface area contributed by atoms with Crippen LogP contribution in [0.4, 0.5) is 5.82 Å². The van der Waals surface area contributed by atoms with Crippen molar-refractivity contribution in [3.05, 3.63) is 18.0 Å². The van der Waals surface area contributed by atoms with Crippen molar-refractivity contribution in [1.82, 2.24) is 15.0 Å². The maximum atomic E-state index is 8.55. The number of aromatic amines is 1. The normalized spacial score (nSPS) is 10.2. The third-order valence-corrected chi connectivity index (χ3v) is 2.08. The first-order valence-electron chi connectivity index (χ1n) is 4.60. The van der Waals surface area contributed by atoms with Crippen LogP contribution in [0.2, 0.25) is 0 Å². The number of anilines is 1. The zero-order chi connectivity index (χ0) is 10.8. The van der Waals surface area contributed by atoms with Crippen LogP contribution in [0.25, 0.3) is 11.2 Å². The van der Waals surface area contributed by atoms with Gasteiger partial charge in [-0.2, -0.15) is 5.26 Å². The molecule has 0 spiro atoms. The van der Waals surface area contributed by atoms with E-state index in [0.717, 1.165) is 11.3 Å². The molecule has 0 unspecified atom stereocenters. The van der Waals surface area contributed by atoms with E-state index in [1.807, 2.05) is 31.1 Å². The zero-order valence-electron chi connectivity index (χ0n) is 8.65. The van der Waals surface area contributed by atoms with E-state index in [2.05, 4.69) is 21.0 Å².